The van der Waals surface area contributed by atoms with E-state index in [1.165, 1.54) is 14.2 Å². The van der Waals surface area contributed by atoms with Crippen LogP contribution in [0.4, 0.5) is 0 Å². The summed E-state index contributed by atoms with van der Waals surface area (Å²) in [6, 6.07) is 11.1. The van der Waals surface area contributed by atoms with Gasteiger partial charge in [0.2, 0.25) is 0 Å². The number of halogens is 1. The number of hydrogen-bond donors (Lipinski definition) is 0. The van der Waals surface area contributed by atoms with Gasteiger partial charge < -0.3 is 18.9 Å². The maximum absolute atomic E-state index is 13.1. The van der Waals surface area contributed by atoms with Crippen LogP contribution in [0.1, 0.15) is 10.4 Å². The van der Waals surface area contributed by atoms with Crippen LogP contribution in [0.2, 0.25) is 0 Å². The lowest BCUT2D eigenvalue weighted by Gasteiger charge is -2.14. The molecule has 0 spiro atoms. The summed E-state index contributed by atoms with van der Waals surface area (Å²) in [4.78, 5) is 13.1. The molecule has 3 aromatic rings. The minimum Gasteiger partial charge on any atom is -0.467 e. The van der Waals surface area contributed by atoms with Crippen molar-refractivity contribution in [1.82, 2.24) is 4.57 Å². The first kappa shape index (κ1) is 18.4. The number of benzene rings is 2. The maximum Gasteiger partial charge on any atom is 0.266 e. The molecule has 7 heteroatoms. The molecule has 0 amide bonds. The van der Waals surface area contributed by atoms with Crippen molar-refractivity contribution >= 4 is 32.6 Å². The predicted molar refractivity (Wildman–Crippen MR) is 101 cm³/mol. The second kappa shape index (κ2) is 8.35. The second-order valence-electron chi connectivity index (χ2n) is 5.48. The number of methoxy groups -OCH3 is 2. The molecular formula is C19H18BrNO5. The van der Waals surface area contributed by atoms with Crippen molar-refractivity contribution in [1.29, 1.82) is 0 Å². The van der Waals surface area contributed by atoms with Gasteiger partial charge in [-0.1, -0.05) is 24.3 Å². The van der Waals surface area contributed by atoms with Crippen molar-refractivity contribution in [2.75, 3.05) is 27.8 Å². The number of hydrogen-bond acceptors (Lipinski definition) is 5. The van der Waals surface area contributed by atoms with Gasteiger partial charge in [0, 0.05) is 37.2 Å². The highest BCUT2D eigenvalue weighted by Crippen LogP contribution is 2.34. The molecule has 0 radical (unpaired) electrons. The third kappa shape index (κ3) is 3.90. The van der Waals surface area contributed by atoms with E-state index in [2.05, 4.69) is 15.9 Å². The molecule has 0 atom stereocenters. The van der Waals surface area contributed by atoms with E-state index in [4.69, 9.17) is 18.9 Å². The first-order valence-corrected chi connectivity index (χ1v) is 8.61. The highest BCUT2D eigenvalue weighted by molar-refractivity contribution is 9.10. The van der Waals surface area contributed by atoms with E-state index < -0.39 is 0 Å². The van der Waals surface area contributed by atoms with Crippen LogP contribution in [0.3, 0.4) is 0 Å². The van der Waals surface area contributed by atoms with Gasteiger partial charge in [-0.15, -0.1) is 0 Å². The number of nitrogens with zero attached hydrogens (tertiary/aromatic N) is 1. The first-order chi connectivity index (χ1) is 12.6. The van der Waals surface area contributed by atoms with E-state index in [1.807, 2.05) is 24.3 Å². The van der Waals surface area contributed by atoms with Crippen molar-refractivity contribution in [3.8, 4) is 11.5 Å². The molecule has 0 aliphatic heterocycles. The SMILES string of the molecule is COCOc1cc(Br)c(C(=O)n2cc3ccccc3c2)c(OCOC)c1. The summed E-state index contributed by atoms with van der Waals surface area (Å²) < 4.78 is 23.0. The van der Waals surface area contributed by atoms with Crippen molar-refractivity contribution in [2.45, 2.75) is 0 Å². The molecule has 0 N–H and O–H groups in total. The van der Waals surface area contributed by atoms with Crippen LogP contribution >= 0.6 is 15.9 Å². The fourth-order valence-corrected chi connectivity index (χ4v) is 3.13. The van der Waals surface area contributed by atoms with Gasteiger partial charge in [0.15, 0.2) is 13.6 Å². The highest BCUT2D eigenvalue weighted by atomic mass is 79.9. The molecule has 1 aromatic heterocycles. The Hall–Kier alpha value is -2.35. The fourth-order valence-electron chi connectivity index (χ4n) is 2.54. The van der Waals surface area contributed by atoms with E-state index in [-0.39, 0.29) is 19.5 Å². The zero-order valence-electron chi connectivity index (χ0n) is 14.4. The summed E-state index contributed by atoms with van der Waals surface area (Å²) in [5, 5.41) is 1.97. The van der Waals surface area contributed by atoms with Gasteiger partial charge in [-0.05, 0) is 32.8 Å². The van der Waals surface area contributed by atoms with Gasteiger partial charge in [0.1, 0.15) is 11.5 Å². The maximum atomic E-state index is 13.1. The van der Waals surface area contributed by atoms with Crippen molar-refractivity contribution in [3.63, 3.8) is 0 Å². The topological polar surface area (TPSA) is 58.9 Å². The minimum absolute atomic E-state index is 0.00804. The molecule has 0 saturated carbocycles. The fraction of sp³-hybridized carbons (Fsp3) is 0.211. The van der Waals surface area contributed by atoms with Crippen molar-refractivity contribution in [2.24, 2.45) is 0 Å². The van der Waals surface area contributed by atoms with E-state index >= 15 is 0 Å². The van der Waals surface area contributed by atoms with Gasteiger partial charge in [-0.2, -0.15) is 0 Å². The molecule has 0 aliphatic rings. The predicted octanol–water partition coefficient (Wildman–Crippen LogP) is 4.06. The number of fused-ring (bicyclic) bond motifs is 1. The van der Waals surface area contributed by atoms with E-state index in [0.29, 0.717) is 21.5 Å². The third-order valence-corrected chi connectivity index (χ3v) is 4.33. The molecule has 136 valence electrons. The number of rotatable bonds is 7. The summed E-state index contributed by atoms with van der Waals surface area (Å²) in [5.41, 5.74) is 0.382. The Morgan fingerprint density at radius 2 is 1.62 bits per heavy atom. The smallest absolute Gasteiger partial charge is 0.266 e. The Kier molecular flexibility index (Phi) is 5.92. The van der Waals surface area contributed by atoms with Crippen LogP contribution in [0, 0.1) is 0 Å². The molecule has 3 rings (SSSR count). The molecular weight excluding hydrogens is 402 g/mol. The average molecular weight is 420 g/mol. The Morgan fingerprint density at radius 3 is 2.23 bits per heavy atom. The van der Waals surface area contributed by atoms with Crippen LogP contribution in [0.5, 0.6) is 11.5 Å². The van der Waals surface area contributed by atoms with Crippen LogP contribution in [0.15, 0.2) is 53.3 Å². The lowest BCUT2D eigenvalue weighted by atomic mass is 10.1. The molecule has 0 saturated heterocycles. The van der Waals surface area contributed by atoms with E-state index in [0.717, 1.165) is 10.8 Å². The van der Waals surface area contributed by atoms with Gasteiger partial charge in [0.05, 0.1) is 5.56 Å². The second-order valence-corrected chi connectivity index (χ2v) is 6.33. The monoisotopic (exact) mass is 419 g/mol. The molecule has 2 aromatic carbocycles. The Labute approximate surface area is 159 Å². The molecule has 0 unspecified atom stereocenters. The summed E-state index contributed by atoms with van der Waals surface area (Å²) in [6.45, 7) is 0.0978. The molecule has 26 heavy (non-hydrogen) atoms. The third-order valence-electron chi connectivity index (χ3n) is 3.70. The number of aromatic nitrogens is 1. The lowest BCUT2D eigenvalue weighted by Crippen LogP contribution is -2.14. The molecule has 1 heterocycles. The Morgan fingerprint density at radius 1 is 1.00 bits per heavy atom. The number of ether oxygens (including phenoxy) is 4. The average Bonchev–Trinajstić information content (AvgIpc) is 3.08. The van der Waals surface area contributed by atoms with Crippen LogP contribution < -0.4 is 9.47 Å². The quantitative estimate of drug-likeness (QED) is 0.540. The van der Waals surface area contributed by atoms with Crippen molar-refractivity contribution < 1.29 is 23.7 Å². The Bertz CT molecular complexity index is 888. The van der Waals surface area contributed by atoms with Crippen LogP contribution in [-0.4, -0.2) is 38.3 Å². The van der Waals surface area contributed by atoms with Crippen LogP contribution in [0.25, 0.3) is 10.8 Å². The normalized spacial score (nSPS) is 10.9. The standard InChI is InChI=1S/C19H18BrNO5/c1-23-11-25-15-7-16(20)18(17(8-15)26-12-24-2)19(22)21-9-13-5-3-4-6-14(13)10-21/h3-10H,11-12H2,1-2H3. The highest BCUT2D eigenvalue weighted by Gasteiger charge is 2.21. The Balaban J connectivity index is 2.01. The van der Waals surface area contributed by atoms with Gasteiger partial charge in [-0.3, -0.25) is 9.36 Å². The number of carbonyl (C=O) groups is 1. The zero-order chi connectivity index (χ0) is 18.5. The van der Waals surface area contributed by atoms with Gasteiger partial charge in [0.25, 0.3) is 5.91 Å². The molecule has 6 nitrogen and oxygen atoms in total. The zero-order valence-corrected chi connectivity index (χ0v) is 16.0. The molecule has 0 bridgehead atoms. The molecule has 0 aliphatic carbocycles. The summed E-state index contributed by atoms with van der Waals surface area (Å²) >= 11 is 3.45. The summed E-state index contributed by atoms with van der Waals surface area (Å²) in [7, 11) is 3.05. The van der Waals surface area contributed by atoms with Gasteiger partial charge in [-0.25, -0.2) is 0 Å². The lowest BCUT2D eigenvalue weighted by molar-refractivity contribution is 0.0454. The largest absolute Gasteiger partial charge is 0.467 e. The summed E-state index contributed by atoms with van der Waals surface area (Å²) in [6.07, 6.45) is 3.58. The minimum atomic E-state index is -0.225. The van der Waals surface area contributed by atoms with E-state index in [1.54, 1.807) is 29.1 Å². The van der Waals surface area contributed by atoms with Crippen molar-refractivity contribution in [3.05, 3.63) is 58.8 Å². The summed E-state index contributed by atoms with van der Waals surface area (Å²) in [5.74, 6) is 0.645. The van der Waals surface area contributed by atoms with Crippen LogP contribution in [-0.2, 0) is 9.47 Å². The van der Waals surface area contributed by atoms with E-state index in [9.17, 15) is 4.79 Å². The molecule has 0 fully saturated rings. The van der Waals surface area contributed by atoms with Gasteiger partial charge >= 0.3 is 0 Å². The first-order valence-electron chi connectivity index (χ1n) is 7.82. The number of carbonyl (C=O) groups excluding carboxylic acids is 1.